The second-order valence-corrected chi connectivity index (χ2v) is 4.63. The number of carboxylic acid groups (broad SMARTS) is 1. The zero-order valence-electron chi connectivity index (χ0n) is 11.6. The van der Waals surface area contributed by atoms with Gasteiger partial charge in [0, 0.05) is 39.3 Å². The molecule has 8 nitrogen and oxygen atoms in total. The smallest absolute Gasteiger partial charge is 0.356 e. The molecular weight excluding hydrogens is 276 g/mol. The lowest BCUT2D eigenvalue weighted by atomic mass is 10.3. The summed E-state index contributed by atoms with van der Waals surface area (Å²) in [6.45, 7) is 3.26. The maximum Gasteiger partial charge on any atom is 0.356 e. The maximum absolute atomic E-state index is 12.1. The molecule has 21 heavy (non-hydrogen) atoms. The first-order chi connectivity index (χ1) is 9.99. The van der Waals surface area contributed by atoms with Crippen LogP contribution in [0, 0.1) is 0 Å². The van der Waals surface area contributed by atoms with Crippen LogP contribution in [0.1, 0.15) is 17.4 Å². The summed E-state index contributed by atoms with van der Waals surface area (Å²) >= 11 is 0. The summed E-state index contributed by atoms with van der Waals surface area (Å²) in [5, 5.41) is 11.6. The fourth-order valence-electron chi connectivity index (χ4n) is 2.10. The molecule has 0 radical (unpaired) electrons. The van der Waals surface area contributed by atoms with E-state index < -0.39 is 12.0 Å². The van der Waals surface area contributed by atoms with Gasteiger partial charge >= 0.3 is 12.0 Å². The number of nitrogens with one attached hydrogen (secondary N) is 1. The van der Waals surface area contributed by atoms with Crippen LogP contribution >= 0.6 is 0 Å². The average Bonchev–Trinajstić information content (AvgIpc) is 2.47. The van der Waals surface area contributed by atoms with E-state index >= 15 is 0 Å². The second-order valence-electron chi connectivity index (χ2n) is 4.63. The largest absolute Gasteiger partial charge is 0.476 e. The first kappa shape index (κ1) is 14.8. The Balaban J connectivity index is 2.00. The van der Waals surface area contributed by atoms with Crippen molar-refractivity contribution in [3.05, 3.63) is 24.0 Å². The lowest BCUT2D eigenvalue weighted by Crippen LogP contribution is -2.51. The molecular formula is C13H16N4O4. The topological polar surface area (TPSA) is 103 Å². The van der Waals surface area contributed by atoms with E-state index in [0.717, 1.165) is 0 Å². The lowest BCUT2D eigenvalue weighted by Gasteiger charge is -2.34. The van der Waals surface area contributed by atoms with E-state index in [4.69, 9.17) is 5.11 Å². The van der Waals surface area contributed by atoms with Gasteiger partial charge in [0.05, 0.1) is 5.69 Å². The van der Waals surface area contributed by atoms with E-state index in [2.05, 4.69) is 10.3 Å². The van der Waals surface area contributed by atoms with Gasteiger partial charge in [-0.1, -0.05) is 0 Å². The number of carbonyl (C=O) groups excluding carboxylic acids is 2. The van der Waals surface area contributed by atoms with Crippen molar-refractivity contribution in [3.63, 3.8) is 0 Å². The Labute approximate surface area is 121 Å². The summed E-state index contributed by atoms with van der Waals surface area (Å²) < 4.78 is 0. The molecule has 0 aliphatic carbocycles. The van der Waals surface area contributed by atoms with Crippen molar-refractivity contribution < 1.29 is 19.5 Å². The summed E-state index contributed by atoms with van der Waals surface area (Å²) in [5.74, 6) is -1.22. The number of urea groups is 1. The van der Waals surface area contributed by atoms with E-state index in [1.165, 1.54) is 24.1 Å². The molecule has 0 aromatic carbocycles. The quantitative estimate of drug-likeness (QED) is 0.825. The number of rotatable bonds is 2. The standard InChI is InChI=1S/C13H16N4O4/c1-9(18)16-5-7-17(8-6-16)13(21)15-10-3-2-4-14-11(10)12(19)20/h2-4H,5-8H2,1H3,(H,15,21)(H,19,20). The van der Waals surface area contributed by atoms with Crippen molar-refractivity contribution in [3.8, 4) is 0 Å². The predicted molar refractivity (Wildman–Crippen MR) is 74.0 cm³/mol. The molecule has 1 aromatic heterocycles. The molecule has 0 bridgehead atoms. The van der Waals surface area contributed by atoms with Gasteiger partial charge in [-0.2, -0.15) is 0 Å². The Morgan fingerprint density at radius 3 is 2.38 bits per heavy atom. The predicted octanol–water partition coefficient (Wildman–Crippen LogP) is 0.476. The first-order valence-electron chi connectivity index (χ1n) is 6.49. The Morgan fingerprint density at radius 1 is 1.19 bits per heavy atom. The van der Waals surface area contributed by atoms with Crippen LogP contribution < -0.4 is 5.32 Å². The molecule has 0 unspecified atom stereocenters. The summed E-state index contributed by atoms with van der Waals surface area (Å²) in [4.78, 5) is 41.3. The molecule has 8 heteroatoms. The van der Waals surface area contributed by atoms with Gasteiger partial charge in [-0.05, 0) is 12.1 Å². The summed E-state index contributed by atoms with van der Waals surface area (Å²) in [7, 11) is 0. The summed E-state index contributed by atoms with van der Waals surface area (Å²) in [5.41, 5.74) is -0.0442. The minimum absolute atomic E-state index is 0.0181. The van der Waals surface area contributed by atoms with E-state index in [1.54, 1.807) is 11.0 Å². The molecule has 0 spiro atoms. The van der Waals surface area contributed by atoms with Crippen molar-refractivity contribution >= 4 is 23.6 Å². The minimum Gasteiger partial charge on any atom is -0.476 e. The van der Waals surface area contributed by atoms with E-state index in [0.29, 0.717) is 26.2 Å². The van der Waals surface area contributed by atoms with Gasteiger partial charge in [-0.15, -0.1) is 0 Å². The van der Waals surface area contributed by atoms with Gasteiger partial charge < -0.3 is 20.2 Å². The van der Waals surface area contributed by atoms with Crippen LogP contribution in [0.4, 0.5) is 10.5 Å². The Morgan fingerprint density at radius 2 is 1.81 bits per heavy atom. The number of aromatic carboxylic acids is 1. The lowest BCUT2D eigenvalue weighted by molar-refractivity contribution is -0.130. The number of hydrogen-bond donors (Lipinski definition) is 2. The molecule has 0 atom stereocenters. The van der Waals surface area contributed by atoms with Crippen LogP contribution in [-0.2, 0) is 4.79 Å². The van der Waals surface area contributed by atoms with Crippen LogP contribution in [0.3, 0.4) is 0 Å². The monoisotopic (exact) mass is 292 g/mol. The summed E-state index contributed by atoms with van der Waals surface area (Å²) in [6, 6.07) is 2.64. The molecule has 2 rings (SSSR count). The Bertz CT molecular complexity index is 567. The molecule has 2 N–H and O–H groups in total. The molecule has 1 aliphatic rings. The number of pyridine rings is 1. The van der Waals surface area contributed by atoms with Gasteiger partial charge in [-0.25, -0.2) is 14.6 Å². The third-order valence-corrected chi connectivity index (χ3v) is 3.26. The number of hydrogen-bond acceptors (Lipinski definition) is 4. The first-order valence-corrected chi connectivity index (χ1v) is 6.49. The Kier molecular flexibility index (Phi) is 4.36. The van der Waals surface area contributed by atoms with Crippen LogP contribution in [-0.4, -0.2) is 64.0 Å². The number of piperazine rings is 1. The molecule has 1 aliphatic heterocycles. The molecule has 112 valence electrons. The number of amides is 3. The SMILES string of the molecule is CC(=O)N1CCN(C(=O)Nc2cccnc2C(=O)O)CC1. The fourth-order valence-corrected chi connectivity index (χ4v) is 2.10. The second kappa shape index (κ2) is 6.21. The zero-order chi connectivity index (χ0) is 15.4. The Hall–Kier alpha value is -2.64. The minimum atomic E-state index is -1.20. The average molecular weight is 292 g/mol. The van der Waals surface area contributed by atoms with Crippen LogP contribution in [0.15, 0.2) is 18.3 Å². The van der Waals surface area contributed by atoms with Gasteiger partial charge in [0.2, 0.25) is 5.91 Å². The maximum atomic E-state index is 12.1. The number of nitrogens with zero attached hydrogens (tertiary/aromatic N) is 3. The fraction of sp³-hybridized carbons (Fsp3) is 0.385. The van der Waals surface area contributed by atoms with Gasteiger partial charge in [0.25, 0.3) is 0 Å². The normalized spacial score (nSPS) is 14.7. The highest BCUT2D eigenvalue weighted by Crippen LogP contribution is 2.13. The van der Waals surface area contributed by atoms with Crippen LogP contribution in [0.5, 0.6) is 0 Å². The van der Waals surface area contributed by atoms with Gasteiger partial charge in [-0.3, -0.25) is 4.79 Å². The molecule has 3 amide bonds. The van der Waals surface area contributed by atoms with Crippen molar-refractivity contribution in [1.82, 2.24) is 14.8 Å². The van der Waals surface area contributed by atoms with Crippen LogP contribution in [0.25, 0.3) is 0 Å². The van der Waals surface area contributed by atoms with E-state index in [1.807, 2.05) is 0 Å². The highest BCUT2D eigenvalue weighted by Gasteiger charge is 2.23. The molecule has 1 saturated heterocycles. The van der Waals surface area contributed by atoms with Crippen molar-refractivity contribution in [2.45, 2.75) is 6.92 Å². The molecule has 1 aromatic rings. The van der Waals surface area contributed by atoms with E-state index in [9.17, 15) is 14.4 Å². The number of anilines is 1. The molecule has 0 saturated carbocycles. The van der Waals surface area contributed by atoms with Crippen molar-refractivity contribution in [1.29, 1.82) is 0 Å². The number of carboxylic acids is 1. The molecule has 2 heterocycles. The number of aromatic nitrogens is 1. The van der Waals surface area contributed by atoms with Crippen molar-refractivity contribution in [2.24, 2.45) is 0 Å². The van der Waals surface area contributed by atoms with Crippen LogP contribution in [0.2, 0.25) is 0 Å². The highest BCUT2D eigenvalue weighted by molar-refractivity contribution is 5.98. The molecule has 1 fully saturated rings. The number of carbonyl (C=O) groups is 3. The van der Waals surface area contributed by atoms with E-state index in [-0.39, 0.29) is 17.3 Å². The zero-order valence-corrected chi connectivity index (χ0v) is 11.6. The van der Waals surface area contributed by atoms with Crippen molar-refractivity contribution in [2.75, 3.05) is 31.5 Å². The van der Waals surface area contributed by atoms with Gasteiger partial charge in [0.1, 0.15) is 0 Å². The summed E-state index contributed by atoms with van der Waals surface area (Å²) in [6.07, 6.45) is 1.35. The highest BCUT2D eigenvalue weighted by atomic mass is 16.4. The third kappa shape index (κ3) is 3.47. The van der Waals surface area contributed by atoms with Gasteiger partial charge in [0.15, 0.2) is 5.69 Å². The third-order valence-electron chi connectivity index (χ3n) is 3.26.